The molecular weight excluding hydrogens is 318 g/mol. The molecule has 7 nitrogen and oxygen atoms in total. The molecule has 1 aromatic carbocycles. The summed E-state index contributed by atoms with van der Waals surface area (Å²) in [6.07, 6.45) is 1.96. The summed E-state index contributed by atoms with van der Waals surface area (Å²) >= 11 is 0. The predicted octanol–water partition coefficient (Wildman–Crippen LogP) is 3.10. The number of nitrogens with one attached hydrogen (secondary N) is 1. The van der Waals surface area contributed by atoms with E-state index in [1.807, 2.05) is 42.5 Å². The predicted molar refractivity (Wildman–Crippen MR) is 94.9 cm³/mol. The van der Waals surface area contributed by atoms with Crippen molar-refractivity contribution in [2.24, 2.45) is 0 Å². The first-order chi connectivity index (χ1) is 12.3. The van der Waals surface area contributed by atoms with Crippen LogP contribution in [0.25, 0.3) is 11.5 Å². The van der Waals surface area contributed by atoms with Crippen LogP contribution in [0.5, 0.6) is 0 Å². The van der Waals surface area contributed by atoms with E-state index in [4.69, 9.17) is 9.26 Å². The second kappa shape index (κ2) is 6.90. The van der Waals surface area contributed by atoms with Crippen LogP contribution in [0.2, 0.25) is 0 Å². The van der Waals surface area contributed by atoms with E-state index in [-0.39, 0.29) is 6.10 Å². The first-order valence-corrected chi connectivity index (χ1v) is 8.27. The Labute approximate surface area is 145 Å². The van der Waals surface area contributed by atoms with Gasteiger partial charge < -0.3 is 19.5 Å². The van der Waals surface area contributed by atoms with Gasteiger partial charge in [0.1, 0.15) is 5.82 Å². The van der Waals surface area contributed by atoms with Crippen LogP contribution in [-0.4, -0.2) is 40.9 Å². The quantitative estimate of drug-likeness (QED) is 0.784. The van der Waals surface area contributed by atoms with Gasteiger partial charge in [0.05, 0.1) is 12.7 Å². The van der Waals surface area contributed by atoms with E-state index in [0.29, 0.717) is 18.4 Å². The zero-order chi connectivity index (χ0) is 17.1. The largest absolute Gasteiger partial charge is 0.375 e. The molecule has 1 saturated heterocycles. The van der Waals surface area contributed by atoms with Gasteiger partial charge in [0.15, 0.2) is 0 Å². The Morgan fingerprint density at radius 1 is 1.20 bits per heavy atom. The number of morpholine rings is 1. The van der Waals surface area contributed by atoms with Crippen molar-refractivity contribution in [3.05, 3.63) is 48.7 Å². The van der Waals surface area contributed by atoms with Crippen LogP contribution in [0, 0.1) is 0 Å². The van der Waals surface area contributed by atoms with E-state index < -0.39 is 0 Å². The zero-order valence-electron chi connectivity index (χ0n) is 13.9. The first-order valence-electron chi connectivity index (χ1n) is 8.27. The van der Waals surface area contributed by atoms with Gasteiger partial charge in [-0.2, -0.15) is 4.98 Å². The number of benzene rings is 1. The maximum absolute atomic E-state index is 5.59. The van der Waals surface area contributed by atoms with Crippen molar-refractivity contribution in [3.63, 3.8) is 0 Å². The number of rotatable bonds is 4. The Morgan fingerprint density at radius 3 is 2.92 bits per heavy atom. The second-order valence-electron chi connectivity index (χ2n) is 5.94. The minimum atomic E-state index is 0.198. The molecule has 3 heterocycles. The number of hydrogen-bond acceptors (Lipinski definition) is 7. The molecule has 0 saturated carbocycles. The molecule has 2 aromatic heterocycles. The number of anilines is 3. The molecule has 7 heteroatoms. The van der Waals surface area contributed by atoms with Gasteiger partial charge in [-0.3, -0.25) is 0 Å². The Kier molecular flexibility index (Phi) is 4.30. The Morgan fingerprint density at radius 2 is 2.08 bits per heavy atom. The molecule has 1 N–H and O–H groups in total. The first kappa shape index (κ1) is 15.6. The van der Waals surface area contributed by atoms with Gasteiger partial charge in [-0.1, -0.05) is 18.2 Å². The van der Waals surface area contributed by atoms with Crippen LogP contribution in [0.4, 0.5) is 17.5 Å². The molecule has 1 fully saturated rings. The van der Waals surface area contributed by atoms with E-state index in [0.717, 1.165) is 30.2 Å². The van der Waals surface area contributed by atoms with Gasteiger partial charge in [0, 0.05) is 30.5 Å². The van der Waals surface area contributed by atoms with Crippen LogP contribution in [-0.2, 0) is 4.74 Å². The summed E-state index contributed by atoms with van der Waals surface area (Å²) in [5.41, 5.74) is 1.75. The summed E-state index contributed by atoms with van der Waals surface area (Å²) < 4.78 is 11.0. The summed E-state index contributed by atoms with van der Waals surface area (Å²) in [6.45, 7) is 4.42. The molecule has 0 aliphatic carbocycles. The van der Waals surface area contributed by atoms with Crippen LogP contribution in [0.3, 0.4) is 0 Å². The molecule has 128 valence electrons. The van der Waals surface area contributed by atoms with Gasteiger partial charge in [0.25, 0.3) is 11.8 Å². The van der Waals surface area contributed by atoms with Crippen molar-refractivity contribution in [1.29, 1.82) is 0 Å². The molecule has 1 aliphatic rings. The molecule has 0 radical (unpaired) electrons. The number of ether oxygens (including phenoxy) is 1. The summed E-state index contributed by atoms with van der Waals surface area (Å²) in [5, 5.41) is 7.11. The highest BCUT2D eigenvalue weighted by Crippen LogP contribution is 2.24. The fraction of sp³-hybridized carbons (Fsp3) is 0.278. The molecule has 1 aliphatic heterocycles. The standard InChI is InChI=1S/C18H19N5O2/c1-13-12-23(9-10-24-13)16-11-14(7-8-19-16)17-21-18(22-25-17)20-15-5-3-2-4-6-15/h2-8,11,13H,9-10,12H2,1H3,(H,20,22). The molecule has 0 amide bonds. The summed E-state index contributed by atoms with van der Waals surface area (Å²) in [4.78, 5) is 11.1. The van der Waals surface area contributed by atoms with Gasteiger partial charge in [0.2, 0.25) is 0 Å². The van der Waals surface area contributed by atoms with Gasteiger partial charge >= 0.3 is 0 Å². The van der Waals surface area contributed by atoms with Gasteiger partial charge in [-0.25, -0.2) is 4.98 Å². The summed E-state index contributed by atoms with van der Waals surface area (Å²) in [6, 6.07) is 13.6. The average molecular weight is 337 g/mol. The van der Waals surface area contributed by atoms with Crippen LogP contribution in [0.15, 0.2) is 53.2 Å². The Bertz CT molecular complexity index is 836. The van der Waals surface area contributed by atoms with Crippen molar-refractivity contribution in [3.8, 4) is 11.5 Å². The lowest BCUT2D eigenvalue weighted by atomic mass is 10.2. The number of nitrogens with zero attached hydrogens (tertiary/aromatic N) is 4. The van der Waals surface area contributed by atoms with E-state index in [2.05, 4.69) is 32.3 Å². The molecule has 0 bridgehead atoms. The molecule has 3 aromatic rings. The van der Waals surface area contributed by atoms with Crippen LogP contribution in [0.1, 0.15) is 6.92 Å². The smallest absolute Gasteiger partial charge is 0.268 e. The van der Waals surface area contributed by atoms with Crippen molar-refractivity contribution in [2.45, 2.75) is 13.0 Å². The topological polar surface area (TPSA) is 76.3 Å². The lowest BCUT2D eigenvalue weighted by molar-refractivity contribution is 0.0529. The number of hydrogen-bond donors (Lipinski definition) is 1. The third-order valence-corrected chi connectivity index (χ3v) is 4.01. The minimum absolute atomic E-state index is 0.198. The van der Waals surface area contributed by atoms with Gasteiger partial charge in [-0.15, -0.1) is 0 Å². The highest BCUT2D eigenvalue weighted by Gasteiger charge is 2.19. The highest BCUT2D eigenvalue weighted by molar-refractivity contribution is 5.61. The molecule has 25 heavy (non-hydrogen) atoms. The van der Waals surface area contributed by atoms with E-state index >= 15 is 0 Å². The monoisotopic (exact) mass is 337 g/mol. The number of aromatic nitrogens is 3. The average Bonchev–Trinajstić information content (AvgIpc) is 3.11. The number of pyridine rings is 1. The Hall–Kier alpha value is -2.93. The molecular formula is C18H19N5O2. The van der Waals surface area contributed by atoms with E-state index in [1.165, 1.54) is 0 Å². The lowest BCUT2D eigenvalue weighted by Gasteiger charge is -2.32. The normalized spacial score (nSPS) is 17.5. The maximum atomic E-state index is 5.59. The van der Waals surface area contributed by atoms with Crippen molar-refractivity contribution in [2.75, 3.05) is 29.9 Å². The van der Waals surface area contributed by atoms with Crippen molar-refractivity contribution >= 4 is 17.5 Å². The SMILES string of the molecule is CC1CN(c2cc(-c3nc(Nc4ccccc4)no3)ccn2)CCO1. The van der Waals surface area contributed by atoms with Crippen molar-refractivity contribution < 1.29 is 9.26 Å². The minimum Gasteiger partial charge on any atom is -0.375 e. The fourth-order valence-corrected chi connectivity index (χ4v) is 2.79. The van der Waals surface area contributed by atoms with E-state index in [1.54, 1.807) is 6.20 Å². The molecule has 1 atom stereocenters. The maximum Gasteiger partial charge on any atom is 0.268 e. The zero-order valence-corrected chi connectivity index (χ0v) is 13.9. The molecule has 4 rings (SSSR count). The molecule has 1 unspecified atom stereocenters. The van der Waals surface area contributed by atoms with Crippen LogP contribution < -0.4 is 10.2 Å². The van der Waals surface area contributed by atoms with Crippen LogP contribution >= 0.6 is 0 Å². The number of para-hydroxylation sites is 1. The highest BCUT2D eigenvalue weighted by atomic mass is 16.5. The summed E-state index contributed by atoms with van der Waals surface area (Å²) in [5.74, 6) is 1.78. The van der Waals surface area contributed by atoms with E-state index in [9.17, 15) is 0 Å². The molecule has 0 spiro atoms. The lowest BCUT2D eigenvalue weighted by Crippen LogP contribution is -2.41. The fourth-order valence-electron chi connectivity index (χ4n) is 2.79. The summed E-state index contributed by atoms with van der Waals surface area (Å²) in [7, 11) is 0. The second-order valence-corrected chi connectivity index (χ2v) is 5.94. The Balaban J connectivity index is 1.53. The third-order valence-electron chi connectivity index (χ3n) is 4.01. The van der Waals surface area contributed by atoms with Crippen molar-refractivity contribution in [1.82, 2.24) is 15.1 Å². The third kappa shape index (κ3) is 3.61. The van der Waals surface area contributed by atoms with Gasteiger partial charge in [-0.05, 0) is 36.3 Å².